The zero-order valence-corrected chi connectivity index (χ0v) is 11.8. The molecule has 0 bridgehead atoms. The van der Waals surface area contributed by atoms with Crippen LogP contribution in [-0.2, 0) is 16.1 Å². The number of aromatic nitrogens is 2. The van der Waals surface area contributed by atoms with Crippen molar-refractivity contribution < 1.29 is 14.7 Å². The largest absolute Gasteiger partial charge is 0.481 e. The van der Waals surface area contributed by atoms with Crippen LogP contribution in [-0.4, -0.2) is 32.6 Å². The molecule has 0 fully saturated rings. The van der Waals surface area contributed by atoms with Crippen molar-refractivity contribution >= 4 is 11.9 Å². The molecule has 7 heteroatoms. The number of hydrogen-bond acceptors (Lipinski definition) is 4. The number of hydrogen-bond donors (Lipinski definition) is 2. The highest BCUT2D eigenvalue weighted by Gasteiger charge is 2.28. The molecule has 1 heterocycles. The smallest absolute Gasteiger partial charge is 0.347 e. The van der Waals surface area contributed by atoms with Crippen molar-refractivity contribution in [2.75, 3.05) is 0 Å². The van der Waals surface area contributed by atoms with Crippen molar-refractivity contribution in [1.82, 2.24) is 14.9 Å². The second kappa shape index (κ2) is 6.31. The maximum Gasteiger partial charge on any atom is 0.347 e. The van der Waals surface area contributed by atoms with Crippen molar-refractivity contribution in [3.05, 3.63) is 28.9 Å². The van der Waals surface area contributed by atoms with Crippen LogP contribution >= 0.6 is 0 Å². The van der Waals surface area contributed by atoms with E-state index in [4.69, 9.17) is 5.11 Å². The molecule has 0 saturated heterocycles. The molecule has 1 amide bonds. The van der Waals surface area contributed by atoms with Gasteiger partial charge in [-0.15, -0.1) is 0 Å². The third-order valence-corrected chi connectivity index (χ3v) is 2.86. The van der Waals surface area contributed by atoms with Gasteiger partial charge in [0.05, 0.1) is 6.42 Å². The summed E-state index contributed by atoms with van der Waals surface area (Å²) in [5.41, 5.74) is -0.915. The predicted molar refractivity (Wildman–Crippen MR) is 72.1 cm³/mol. The van der Waals surface area contributed by atoms with Crippen molar-refractivity contribution in [2.45, 2.75) is 39.8 Å². The molecule has 0 aliphatic carbocycles. The Bertz CT molecular complexity index is 545. The Kier molecular flexibility index (Phi) is 5.01. The number of amides is 1. The minimum absolute atomic E-state index is 0.169. The van der Waals surface area contributed by atoms with E-state index in [1.54, 1.807) is 6.07 Å². The van der Waals surface area contributed by atoms with E-state index in [1.807, 2.05) is 20.8 Å². The Hall–Kier alpha value is -2.18. The first-order chi connectivity index (χ1) is 9.20. The fraction of sp³-hybridized carbons (Fsp3) is 0.538. The second-order valence-corrected chi connectivity index (χ2v) is 5.61. The average molecular weight is 281 g/mol. The van der Waals surface area contributed by atoms with E-state index >= 15 is 0 Å². The number of aliphatic carboxylic acids is 1. The molecule has 1 rings (SSSR count). The lowest BCUT2D eigenvalue weighted by Crippen LogP contribution is -2.46. The summed E-state index contributed by atoms with van der Waals surface area (Å²) in [5.74, 6) is -1.40. The summed E-state index contributed by atoms with van der Waals surface area (Å²) in [6.45, 7) is 5.35. The molecule has 0 spiro atoms. The van der Waals surface area contributed by atoms with Crippen LogP contribution in [0.3, 0.4) is 0 Å². The third kappa shape index (κ3) is 4.83. The van der Waals surface area contributed by atoms with Crippen molar-refractivity contribution in [1.29, 1.82) is 0 Å². The quantitative estimate of drug-likeness (QED) is 0.805. The molecule has 0 aliphatic heterocycles. The molecular formula is C13H19N3O4. The number of carboxylic acid groups (broad SMARTS) is 1. The van der Waals surface area contributed by atoms with E-state index in [0.29, 0.717) is 0 Å². The standard InChI is InChI=1S/C13H19N3O4/c1-13(2,3)9(7-11(18)19)15-10(17)8-16-6-4-5-14-12(16)20/h4-6,9H,7-8H2,1-3H3,(H,15,17)(H,18,19). The second-order valence-electron chi connectivity index (χ2n) is 5.61. The summed E-state index contributed by atoms with van der Waals surface area (Å²) < 4.78 is 1.16. The van der Waals surface area contributed by atoms with E-state index in [9.17, 15) is 14.4 Å². The minimum atomic E-state index is -0.983. The number of carbonyl (C=O) groups is 2. The normalized spacial score (nSPS) is 12.8. The monoisotopic (exact) mass is 281 g/mol. The first-order valence-electron chi connectivity index (χ1n) is 6.23. The summed E-state index contributed by atoms with van der Waals surface area (Å²) in [7, 11) is 0. The summed E-state index contributed by atoms with van der Waals surface area (Å²) in [5, 5.41) is 11.5. The number of carbonyl (C=O) groups excluding carboxylic acids is 1. The molecule has 7 nitrogen and oxygen atoms in total. The van der Waals surface area contributed by atoms with E-state index in [1.165, 1.54) is 12.4 Å². The topological polar surface area (TPSA) is 101 Å². The average Bonchev–Trinajstić information content (AvgIpc) is 2.29. The fourth-order valence-corrected chi connectivity index (χ4v) is 1.65. The first kappa shape index (κ1) is 15.9. The molecule has 0 saturated carbocycles. The van der Waals surface area contributed by atoms with E-state index in [2.05, 4.69) is 10.3 Å². The number of rotatable bonds is 5. The van der Waals surface area contributed by atoms with Crippen molar-refractivity contribution in [3.8, 4) is 0 Å². The molecular weight excluding hydrogens is 262 g/mol. The summed E-state index contributed by atoms with van der Waals surface area (Å²) in [6, 6.07) is 1.03. The van der Waals surface area contributed by atoms with Crippen LogP contribution in [0.15, 0.2) is 23.3 Å². The summed E-state index contributed by atoms with van der Waals surface area (Å²) in [4.78, 5) is 37.7. The highest BCUT2D eigenvalue weighted by molar-refractivity contribution is 5.77. The van der Waals surface area contributed by atoms with Crippen molar-refractivity contribution in [2.24, 2.45) is 5.41 Å². The summed E-state index contributed by atoms with van der Waals surface area (Å²) in [6.07, 6.45) is 2.63. The van der Waals surface area contributed by atoms with E-state index in [0.717, 1.165) is 4.57 Å². The van der Waals surface area contributed by atoms with Gasteiger partial charge in [0.1, 0.15) is 6.54 Å². The molecule has 110 valence electrons. The molecule has 2 N–H and O–H groups in total. The van der Waals surface area contributed by atoms with Gasteiger partial charge in [0.15, 0.2) is 0 Å². The van der Waals surface area contributed by atoms with Crippen LogP contribution in [0.25, 0.3) is 0 Å². The molecule has 20 heavy (non-hydrogen) atoms. The van der Waals surface area contributed by atoms with Gasteiger partial charge in [0, 0.05) is 18.4 Å². The predicted octanol–water partition coefficient (Wildman–Crippen LogP) is 0.249. The van der Waals surface area contributed by atoms with Crippen LogP contribution in [0.4, 0.5) is 0 Å². The lowest BCUT2D eigenvalue weighted by molar-refractivity contribution is -0.138. The van der Waals surface area contributed by atoms with Crippen LogP contribution in [0.2, 0.25) is 0 Å². The lowest BCUT2D eigenvalue weighted by Gasteiger charge is -2.30. The van der Waals surface area contributed by atoms with Gasteiger partial charge in [0.25, 0.3) is 0 Å². The zero-order chi connectivity index (χ0) is 15.3. The van der Waals surface area contributed by atoms with Gasteiger partial charge in [-0.2, -0.15) is 0 Å². The molecule has 0 aromatic carbocycles. The van der Waals surface area contributed by atoms with Crippen LogP contribution in [0.1, 0.15) is 27.2 Å². The Balaban J connectivity index is 2.74. The van der Waals surface area contributed by atoms with Gasteiger partial charge in [-0.25, -0.2) is 9.78 Å². The van der Waals surface area contributed by atoms with Gasteiger partial charge in [-0.1, -0.05) is 20.8 Å². The SMILES string of the molecule is CC(C)(C)C(CC(=O)O)NC(=O)Cn1cccnc1=O. The number of nitrogens with one attached hydrogen (secondary N) is 1. The summed E-state index contributed by atoms with van der Waals surface area (Å²) >= 11 is 0. The molecule has 1 atom stereocenters. The van der Waals surface area contributed by atoms with Gasteiger partial charge < -0.3 is 10.4 Å². The Morgan fingerprint density at radius 3 is 2.60 bits per heavy atom. The van der Waals surface area contributed by atoms with Crippen LogP contribution < -0.4 is 11.0 Å². The van der Waals surface area contributed by atoms with Crippen LogP contribution in [0.5, 0.6) is 0 Å². The Morgan fingerprint density at radius 2 is 2.10 bits per heavy atom. The third-order valence-electron chi connectivity index (χ3n) is 2.86. The van der Waals surface area contributed by atoms with E-state index < -0.39 is 29.0 Å². The zero-order valence-electron chi connectivity index (χ0n) is 11.8. The van der Waals surface area contributed by atoms with Gasteiger partial charge >= 0.3 is 11.7 Å². The molecule has 0 radical (unpaired) electrons. The number of carboxylic acids is 1. The van der Waals surface area contributed by atoms with Gasteiger partial charge in [0.2, 0.25) is 5.91 Å². The highest BCUT2D eigenvalue weighted by atomic mass is 16.4. The van der Waals surface area contributed by atoms with Gasteiger partial charge in [-0.3, -0.25) is 14.2 Å². The molecule has 1 aromatic heterocycles. The maximum atomic E-state index is 11.9. The highest BCUT2D eigenvalue weighted by Crippen LogP contribution is 2.21. The van der Waals surface area contributed by atoms with Crippen LogP contribution in [0, 0.1) is 5.41 Å². The lowest BCUT2D eigenvalue weighted by atomic mass is 9.84. The minimum Gasteiger partial charge on any atom is -0.481 e. The van der Waals surface area contributed by atoms with E-state index in [-0.39, 0.29) is 13.0 Å². The fourth-order valence-electron chi connectivity index (χ4n) is 1.65. The molecule has 0 aliphatic rings. The maximum absolute atomic E-state index is 11.9. The molecule has 1 aromatic rings. The Morgan fingerprint density at radius 1 is 1.45 bits per heavy atom. The van der Waals surface area contributed by atoms with Gasteiger partial charge in [-0.05, 0) is 11.5 Å². The Labute approximate surface area is 116 Å². The first-order valence-corrected chi connectivity index (χ1v) is 6.23. The molecule has 1 unspecified atom stereocenters. The number of nitrogens with zero attached hydrogens (tertiary/aromatic N) is 2. The van der Waals surface area contributed by atoms with Crippen molar-refractivity contribution in [3.63, 3.8) is 0 Å².